The van der Waals surface area contributed by atoms with E-state index in [0.29, 0.717) is 12.2 Å². The topological polar surface area (TPSA) is 46.1 Å². The summed E-state index contributed by atoms with van der Waals surface area (Å²) >= 11 is 0. The van der Waals surface area contributed by atoms with Gasteiger partial charge in [0, 0.05) is 29.8 Å². The van der Waals surface area contributed by atoms with Gasteiger partial charge < -0.3 is 4.90 Å². The van der Waals surface area contributed by atoms with Crippen LogP contribution in [0.5, 0.6) is 0 Å². The largest absolute Gasteiger partial charge is 0.332 e. The van der Waals surface area contributed by atoms with Crippen molar-refractivity contribution in [1.82, 2.24) is 14.9 Å². The van der Waals surface area contributed by atoms with E-state index in [0.717, 1.165) is 41.6 Å². The molecule has 3 aromatic rings. The molecule has 0 spiro atoms. The first-order valence-electron chi connectivity index (χ1n) is 10.1. The van der Waals surface area contributed by atoms with Crippen molar-refractivity contribution in [2.75, 3.05) is 0 Å². The number of aryl methyl sites for hydroxylation is 1. The maximum atomic E-state index is 13.2. The van der Waals surface area contributed by atoms with Crippen LogP contribution in [0.15, 0.2) is 54.7 Å². The maximum Gasteiger partial charge on any atom is 0.227 e. The Labute approximate surface area is 169 Å². The van der Waals surface area contributed by atoms with Crippen molar-refractivity contribution >= 4 is 5.91 Å². The van der Waals surface area contributed by atoms with Crippen molar-refractivity contribution in [3.8, 4) is 11.4 Å². The van der Waals surface area contributed by atoms with E-state index >= 15 is 0 Å². The lowest BCUT2D eigenvalue weighted by Crippen LogP contribution is -2.43. The Bertz CT molecular complexity index is 1080. The molecule has 2 aliphatic rings. The second-order valence-corrected chi connectivity index (χ2v) is 8.02. The molecule has 1 aromatic heterocycles. The Hall–Kier alpha value is -3.08. The van der Waals surface area contributed by atoms with Gasteiger partial charge in [-0.05, 0) is 49.6 Å². The summed E-state index contributed by atoms with van der Waals surface area (Å²) in [7, 11) is 0. The highest BCUT2D eigenvalue weighted by Crippen LogP contribution is 2.43. The number of aromatic nitrogens is 2. The van der Waals surface area contributed by atoms with Crippen LogP contribution < -0.4 is 0 Å². The quantitative estimate of drug-likeness (QED) is 0.668. The summed E-state index contributed by atoms with van der Waals surface area (Å²) in [5.41, 5.74) is 5.11. The Kier molecular flexibility index (Phi) is 4.38. The standard InChI is InChI=1S/C24H22FN3O/c1-15-3-2-4-16(11-15)12-23(29)28-19-9-10-22(28)20-14-26-24(27-21(20)13-19)17-5-7-18(25)8-6-17/h2-8,11,14,19,22H,9-10,12-13H2,1H3. The Morgan fingerprint density at radius 3 is 2.79 bits per heavy atom. The van der Waals surface area contributed by atoms with Gasteiger partial charge in [0.2, 0.25) is 5.91 Å². The molecule has 1 fully saturated rings. The van der Waals surface area contributed by atoms with Gasteiger partial charge in [-0.25, -0.2) is 14.4 Å². The first-order chi connectivity index (χ1) is 14.1. The number of rotatable bonds is 3. The van der Waals surface area contributed by atoms with Crippen LogP contribution in [-0.4, -0.2) is 26.8 Å². The first kappa shape index (κ1) is 18.0. The van der Waals surface area contributed by atoms with Crippen LogP contribution in [0.3, 0.4) is 0 Å². The number of nitrogens with zero attached hydrogens (tertiary/aromatic N) is 3. The predicted octanol–water partition coefficient (Wildman–Crippen LogP) is 4.42. The SMILES string of the molecule is Cc1cccc(CC(=O)N2C3CCC2c2cnc(-c4ccc(F)cc4)nc2C3)c1. The zero-order chi connectivity index (χ0) is 20.0. The molecule has 0 saturated carbocycles. The third-order valence-corrected chi connectivity index (χ3v) is 6.02. The van der Waals surface area contributed by atoms with Gasteiger partial charge in [-0.2, -0.15) is 0 Å². The molecule has 5 rings (SSSR count). The summed E-state index contributed by atoms with van der Waals surface area (Å²) < 4.78 is 13.2. The number of fused-ring (bicyclic) bond motifs is 4. The van der Waals surface area contributed by atoms with Gasteiger partial charge in [0.25, 0.3) is 0 Å². The van der Waals surface area contributed by atoms with E-state index in [1.807, 2.05) is 31.3 Å². The predicted molar refractivity (Wildman–Crippen MR) is 109 cm³/mol. The van der Waals surface area contributed by atoms with Crippen LogP contribution in [0.25, 0.3) is 11.4 Å². The number of hydrogen-bond acceptors (Lipinski definition) is 3. The molecule has 1 amide bonds. The fourth-order valence-electron chi connectivity index (χ4n) is 4.68. The van der Waals surface area contributed by atoms with Crippen LogP contribution in [0.2, 0.25) is 0 Å². The molecular formula is C24H22FN3O. The third-order valence-electron chi connectivity index (χ3n) is 6.02. The highest BCUT2D eigenvalue weighted by atomic mass is 19.1. The highest BCUT2D eigenvalue weighted by molar-refractivity contribution is 5.80. The summed E-state index contributed by atoms with van der Waals surface area (Å²) in [6, 6.07) is 14.6. The van der Waals surface area contributed by atoms with Crippen LogP contribution in [0.4, 0.5) is 4.39 Å². The second-order valence-electron chi connectivity index (χ2n) is 8.02. The fraction of sp³-hybridized carbons (Fsp3) is 0.292. The Morgan fingerprint density at radius 1 is 1.17 bits per heavy atom. The van der Waals surface area contributed by atoms with E-state index < -0.39 is 0 Å². The van der Waals surface area contributed by atoms with Crippen molar-refractivity contribution in [3.05, 3.63) is 82.9 Å². The van der Waals surface area contributed by atoms with E-state index in [1.54, 1.807) is 12.1 Å². The van der Waals surface area contributed by atoms with Gasteiger partial charge in [-0.1, -0.05) is 29.8 Å². The van der Waals surface area contributed by atoms with Crippen molar-refractivity contribution < 1.29 is 9.18 Å². The molecule has 3 heterocycles. The molecule has 2 atom stereocenters. The molecular weight excluding hydrogens is 365 g/mol. The molecule has 2 aliphatic heterocycles. The smallest absolute Gasteiger partial charge is 0.227 e. The first-order valence-corrected chi connectivity index (χ1v) is 10.1. The summed E-state index contributed by atoms with van der Waals surface area (Å²) in [5, 5.41) is 0. The molecule has 5 heteroatoms. The average molecular weight is 387 g/mol. The summed E-state index contributed by atoms with van der Waals surface area (Å²) in [6.07, 6.45) is 4.99. The van der Waals surface area contributed by atoms with Crippen molar-refractivity contribution in [3.63, 3.8) is 0 Å². The molecule has 4 nitrogen and oxygen atoms in total. The molecule has 2 bridgehead atoms. The van der Waals surface area contributed by atoms with Crippen LogP contribution in [0, 0.1) is 12.7 Å². The number of benzene rings is 2. The monoisotopic (exact) mass is 387 g/mol. The summed E-state index contributed by atoms with van der Waals surface area (Å²) in [5.74, 6) is 0.520. The minimum atomic E-state index is -0.271. The molecule has 146 valence electrons. The summed E-state index contributed by atoms with van der Waals surface area (Å²) in [4.78, 5) is 24.5. The van der Waals surface area contributed by atoms with Crippen LogP contribution >= 0.6 is 0 Å². The maximum absolute atomic E-state index is 13.2. The van der Waals surface area contributed by atoms with Gasteiger partial charge in [0.05, 0.1) is 18.2 Å². The van der Waals surface area contributed by atoms with Crippen LogP contribution in [-0.2, 0) is 17.6 Å². The van der Waals surface area contributed by atoms with Crippen molar-refractivity contribution in [1.29, 1.82) is 0 Å². The zero-order valence-corrected chi connectivity index (χ0v) is 16.3. The van der Waals surface area contributed by atoms with E-state index in [2.05, 4.69) is 16.0 Å². The van der Waals surface area contributed by atoms with E-state index in [1.165, 1.54) is 17.7 Å². The van der Waals surface area contributed by atoms with Gasteiger partial charge in [-0.3, -0.25) is 4.79 Å². The molecule has 2 aromatic carbocycles. The molecule has 0 N–H and O–H groups in total. The van der Waals surface area contributed by atoms with Gasteiger partial charge in [0.1, 0.15) is 5.82 Å². The van der Waals surface area contributed by atoms with Crippen LogP contribution in [0.1, 0.15) is 41.3 Å². The Balaban J connectivity index is 1.41. The average Bonchev–Trinajstić information content (AvgIpc) is 3.03. The molecule has 0 aliphatic carbocycles. The normalized spacial score (nSPS) is 19.9. The lowest BCUT2D eigenvalue weighted by molar-refractivity contribution is -0.134. The molecule has 0 radical (unpaired) electrons. The molecule has 29 heavy (non-hydrogen) atoms. The van der Waals surface area contributed by atoms with Gasteiger partial charge in [0.15, 0.2) is 5.82 Å². The van der Waals surface area contributed by atoms with Crippen molar-refractivity contribution in [2.45, 2.75) is 44.7 Å². The minimum absolute atomic E-state index is 0.0586. The highest BCUT2D eigenvalue weighted by Gasteiger charge is 2.43. The zero-order valence-electron chi connectivity index (χ0n) is 16.3. The number of hydrogen-bond donors (Lipinski definition) is 0. The van der Waals surface area contributed by atoms with E-state index in [-0.39, 0.29) is 23.8 Å². The lowest BCUT2D eigenvalue weighted by Gasteiger charge is -2.36. The number of amides is 1. The van der Waals surface area contributed by atoms with Gasteiger partial charge in [-0.15, -0.1) is 0 Å². The minimum Gasteiger partial charge on any atom is -0.332 e. The number of carbonyl (C=O) groups excluding carboxylic acids is 1. The number of carbonyl (C=O) groups is 1. The van der Waals surface area contributed by atoms with Gasteiger partial charge >= 0.3 is 0 Å². The second kappa shape index (κ2) is 7.07. The molecule has 1 saturated heterocycles. The van der Waals surface area contributed by atoms with E-state index in [9.17, 15) is 9.18 Å². The van der Waals surface area contributed by atoms with E-state index in [4.69, 9.17) is 4.98 Å². The molecule has 2 unspecified atom stereocenters. The fourth-order valence-corrected chi connectivity index (χ4v) is 4.68. The lowest BCUT2D eigenvalue weighted by atomic mass is 9.97. The van der Waals surface area contributed by atoms with Crippen molar-refractivity contribution in [2.24, 2.45) is 0 Å². The summed E-state index contributed by atoms with van der Waals surface area (Å²) in [6.45, 7) is 2.05. The Morgan fingerprint density at radius 2 is 2.00 bits per heavy atom. The third kappa shape index (κ3) is 3.31. The number of halogens is 1.